The number of thioether (sulfide) groups is 1. The topological polar surface area (TPSA) is 98.5 Å². The van der Waals surface area contributed by atoms with Gasteiger partial charge in [-0.1, -0.05) is 74.2 Å². The zero-order valence-electron chi connectivity index (χ0n) is 18.4. The van der Waals surface area contributed by atoms with Crippen LogP contribution >= 0.6 is 23.1 Å². The van der Waals surface area contributed by atoms with E-state index in [1.165, 1.54) is 27.6 Å². The van der Waals surface area contributed by atoms with Crippen molar-refractivity contribution in [1.29, 1.82) is 0 Å². The van der Waals surface area contributed by atoms with Gasteiger partial charge in [0.25, 0.3) is 5.56 Å². The molecule has 0 aliphatic heterocycles. The second-order valence-corrected chi connectivity index (χ2v) is 10.5. The van der Waals surface area contributed by atoms with Crippen molar-refractivity contribution in [3.05, 3.63) is 76.2 Å². The van der Waals surface area contributed by atoms with Crippen molar-refractivity contribution in [1.82, 2.24) is 19.8 Å². The standard InChI is InChI=1S/C23H23N5O3S2/c1-23(2,3)19-20(30)28-21(26-25-19)33-22(27-28)32-14-18(29)24-16-9-11-17(12-10-16)31-13-15-7-5-4-6-8-15/h4-12H,13-14H2,1-3H3,(H,24,29). The fraction of sp³-hybridized carbons (Fsp3) is 0.261. The number of ether oxygens (including phenoxy) is 1. The van der Waals surface area contributed by atoms with Gasteiger partial charge < -0.3 is 10.1 Å². The van der Waals surface area contributed by atoms with Crippen LogP contribution in [-0.2, 0) is 16.8 Å². The summed E-state index contributed by atoms with van der Waals surface area (Å²) in [5.74, 6) is 0.702. The summed E-state index contributed by atoms with van der Waals surface area (Å²) in [4.78, 5) is 25.4. The van der Waals surface area contributed by atoms with Gasteiger partial charge in [0.15, 0.2) is 4.34 Å². The van der Waals surface area contributed by atoms with Crippen molar-refractivity contribution in [3.8, 4) is 5.75 Å². The van der Waals surface area contributed by atoms with Crippen LogP contribution in [-0.4, -0.2) is 31.5 Å². The summed E-state index contributed by atoms with van der Waals surface area (Å²) in [6.45, 7) is 6.19. The smallest absolute Gasteiger partial charge is 0.297 e. The van der Waals surface area contributed by atoms with Crippen molar-refractivity contribution in [2.75, 3.05) is 11.1 Å². The number of carbonyl (C=O) groups excluding carboxylic acids is 1. The number of fused-ring (bicyclic) bond motifs is 1. The molecule has 0 aliphatic carbocycles. The average molecular weight is 482 g/mol. The summed E-state index contributed by atoms with van der Waals surface area (Å²) in [5, 5.41) is 15.3. The Hall–Kier alpha value is -3.24. The molecular formula is C23H23N5O3S2. The van der Waals surface area contributed by atoms with Crippen LogP contribution in [0, 0.1) is 0 Å². The predicted octanol–water partition coefficient (Wildman–Crippen LogP) is 4.15. The summed E-state index contributed by atoms with van der Waals surface area (Å²) < 4.78 is 7.60. The number of amides is 1. The first kappa shape index (κ1) is 22.9. The van der Waals surface area contributed by atoms with Crippen LogP contribution < -0.4 is 15.6 Å². The molecule has 0 radical (unpaired) electrons. The van der Waals surface area contributed by atoms with E-state index in [4.69, 9.17) is 4.74 Å². The quantitative estimate of drug-likeness (QED) is 0.396. The third-order valence-electron chi connectivity index (χ3n) is 4.60. The number of hydrogen-bond donors (Lipinski definition) is 1. The van der Waals surface area contributed by atoms with Crippen LogP contribution in [0.4, 0.5) is 5.69 Å². The molecule has 33 heavy (non-hydrogen) atoms. The van der Waals surface area contributed by atoms with Gasteiger partial charge in [0, 0.05) is 11.1 Å². The molecule has 0 fully saturated rings. The fourth-order valence-corrected chi connectivity index (χ4v) is 4.60. The van der Waals surface area contributed by atoms with Crippen LogP contribution in [0.1, 0.15) is 32.0 Å². The van der Waals surface area contributed by atoms with Gasteiger partial charge in [-0.05, 0) is 29.8 Å². The van der Waals surface area contributed by atoms with E-state index >= 15 is 0 Å². The minimum Gasteiger partial charge on any atom is -0.489 e. The lowest BCUT2D eigenvalue weighted by molar-refractivity contribution is -0.113. The summed E-state index contributed by atoms with van der Waals surface area (Å²) in [7, 11) is 0. The van der Waals surface area contributed by atoms with E-state index in [0.717, 1.165) is 11.3 Å². The molecule has 2 aromatic heterocycles. The average Bonchev–Trinajstić information content (AvgIpc) is 3.22. The van der Waals surface area contributed by atoms with Crippen molar-refractivity contribution < 1.29 is 9.53 Å². The third-order valence-corrected chi connectivity index (χ3v) is 6.63. The first-order valence-corrected chi connectivity index (χ1v) is 12.1. The van der Waals surface area contributed by atoms with E-state index in [1.54, 1.807) is 12.1 Å². The summed E-state index contributed by atoms with van der Waals surface area (Å²) in [6, 6.07) is 17.1. The number of aromatic nitrogens is 4. The zero-order chi connectivity index (χ0) is 23.4. The highest BCUT2D eigenvalue weighted by atomic mass is 32.2. The lowest BCUT2D eigenvalue weighted by Gasteiger charge is -2.14. The van der Waals surface area contributed by atoms with Crippen LogP contribution in [0.25, 0.3) is 4.96 Å². The zero-order valence-corrected chi connectivity index (χ0v) is 20.1. The van der Waals surface area contributed by atoms with E-state index in [1.807, 2.05) is 63.2 Å². The predicted molar refractivity (Wildman–Crippen MR) is 130 cm³/mol. The van der Waals surface area contributed by atoms with Gasteiger partial charge in [0.05, 0.1) is 5.75 Å². The highest BCUT2D eigenvalue weighted by molar-refractivity contribution is 8.01. The number of nitrogens with zero attached hydrogens (tertiary/aromatic N) is 4. The van der Waals surface area contributed by atoms with Gasteiger partial charge in [-0.25, -0.2) is 0 Å². The molecule has 0 aliphatic rings. The van der Waals surface area contributed by atoms with E-state index in [2.05, 4.69) is 20.6 Å². The maximum absolute atomic E-state index is 12.6. The Labute approximate surface area is 199 Å². The lowest BCUT2D eigenvalue weighted by atomic mass is 9.93. The van der Waals surface area contributed by atoms with Gasteiger partial charge >= 0.3 is 0 Å². The molecule has 0 bridgehead atoms. The van der Waals surface area contributed by atoms with Gasteiger partial charge in [0.1, 0.15) is 18.1 Å². The molecule has 10 heteroatoms. The van der Waals surface area contributed by atoms with Gasteiger partial charge in [-0.2, -0.15) is 4.52 Å². The van der Waals surface area contributed by atoms with E-state index in [-0.39, 0.29) is 17.2 Å². The van der Waals surface area contributed by atoms with Crippen molar-refractivity contribution >= 4 is 39.7 Å². The number of anilines is 1. The Morgan fingerprint density at radius 1 is 1.09 bits per heavy atom. The highest BCUT2D eigenvalue weighted by Crippen LogP contribution is 2.24. The van der Waals surface area contributed by atoms with Crippen LogP contribution in [0.3, 0.4) is 0 Å². The Kier molecular flexibility index (Phi) is 6.75. The van der Waals surface area contributed by atoms with Gasteiger partial charge in [-0.15, -0.1) is 15.3 Å². The molecule has 0 atom stereocenters. The molecular weight excluding hydrogens is 458 g/mol. The summed E-state index contributed by atoms with van der Waals surface area (Å²) in [5.41, 5.74) is 1.41. The van der Waals surface area contributed by atoms with E-state index < -0.39 is 5.41 Å². The fourth-order valence-electron chi connectivity index (χ4n) is 2.93. The molecule has 1 amide bonds. The molecule has 4 aromatic rings. The van der Waals surface area contributed by atoms with Gasteiger partial charge in [0.2, 0.25) is 10.9 Å². The molecule has 0 spiro atoms. The normalized spacial score (nSPS) is 11.5. The molecule has 1 N–H and O–H groups in total. The molecule has 0 unspecified atom stereocenters. The number of rotatable bonds is 7. The molecule has 170 valence electrons. The Balaban J connectivity index is 1.32. The number of benzene rings is 2. The Morgan fingerprint density at radius 2 is 1.82 bits per heavy atom. The largest absolute Gasteiger partial charge is 0.489 e. The molecule has 2 heterocycles. The monoisotopic (exact) mass is 481 g/mol. The Morgan fingerprint density at radius 3 is 2.52 bits per heavy atom. The second-order valence-electron chi connectivity index (χ2n) is 8.30. The van der Waals surface area contributed by atoms with Crippen LogP contribution in [0.2, 0.25) is 0 Å². The molecule has 0 saturated carbocycles. The van der Waals surface area contributed by atoms with Crippen molar-refractivity contribution in [2.24, 2.45) is 0 Å². The number of carbonyl (C=O) groups is 1. The molecule has 8 nitrogen and oxygen atoms in total. The van der Waals surface area contributed by atoms with Crippen molar-refractivity contribution in [2.45, 2.75) is 37.1 Å². The number of hydrogen-bond acceptors (Lipinski definition) is 8. The maximum atomic E-state index is 12.6. The second kappa shape index (κ2) is 9.72. The van der Waals surface area contributed by atoms with Gasteiger partial charge in [-0.3, -0.25) is 9.59 Å². The first-order valence-electron chi connectivity index (χ1n) is 10.3. The maximum Gasteiger partial charge on any atom is 0.297 e. The summed E-state index contributed by atoms with van der Waals surface area (Å²) >= 11 is 2.48. The molecule has 0 saturated heterocycles. The minimum atomic E-state index is -0.426. The van der Waals surface area contributed by atoms with E-state index in [0.29, 0.717) is 27.3 Å². The lowest BCUT2D eigenvalue weighted by Crippen LogP contribution is -2.30. The summed E-state index contributed by atoms with van der Waals surface area (Å²) in [6.07, 6.45) is 0. The van der Waals surface area contributed by atoms with Crippen LogP contribution in [0.15, 0.2) is 63.7 Å². The van der Waals surface area contributed by atoms with E-state index in [9.17, 15) is 9.59 Å². The Bertz CT molecular complexity index is 1310. The molecule has 4 rings (SSSR count). The third kappa shape index (κ3) is 5.77. The SMILES string of the molecule is CC(C)(C)c1nnc2sc(SCC(=O)Nc3ccc(OCc4ccccc4)cc3)nn2c1=O. The van der Waals surface area contributed by atoms with Crippen LogP contribution in [0.5, 0.6) is 5.75 Å². The number of nitrogens with one attached hydrogen (secondary N) is 1. The van der Waals surface area contributed by atoms with Crippen molar-refractivity contribution in [3.63, 3.8) is 0 Å². The first-order chi connectivity index (χ1) is 15.8. The minimum absolute atomic E-state index is 0.153. The molecule has 2 aromatic carbocycles. The highest BCUT2D eigenvalue weighted by Gasteiger charge is 2.23.